The largest absolute Gasteiger partial charge is 0.394 e. The molecule has 0 aromatic heterocycles. The average molecular weight is 1570 g/mol. The maximum absolute atomic E-state index is 13.8. The lowest BCUT2D eigenvalue weighted by molar-refractivity contribution is -0.270. The predicted octanol–water partition coefficient (Wildman–Crippen LogP) is -3.31. The van der Waals surface area contributed by atoms with Crippen molar-refractivity contribution in [2.45, 2.75) is 286 Å². The van der Waals surface area contributed by atoms with E-state index in [1.54, 1.807) is 0 Å². The Balaban J connectivity index is 1.52. The van der Waals surface area contributed by atoms with Crippen LogP contribution in [0.15, 0.2) is 0 Å². The molecule has 0 aromatic rings. The highest BCUT2D eigenvalue weighted by Gasteiger charge is 2.48. The first-order valence-electron chi connectivity index (χ1n) is 38.7. The first-order valence-corrected chi connectivity index (χ1v) is 38.7. The van der Waals surface area contributed by atoms with Gasteiger partial charge in [0.2, 0.25) is 53.2 Å². The molecule has 3 aliphatic rings. The van der Waals surface area contributed by atoms with Crippen molar-refractivity contribution in [2.75, 3.05) is 112 Å². The molecular weight excluding hydrogens is 1440 g/mol. The zero-order chi connectivity index (χ0) is 80.4. The predicted molar refractivity (Wildman–Crippen MR) is 388 cm³/mol. The van der Waals surface area contributed by atoms with Crippen LogP contribution in [0, 0.1) is 0 Å². The molecule has 15 atom stereocenters. The molecule has 37 heteroatoms. The van der Waals surface area contributed by atoms with Gasteiger partial charge >= 0.3 is 0 Å². The third-order valence-electron chi connectivity index (χ3n) is 18.2. The van der Waals surface area contributed by atoms with Crippen molar-refractivity contribution >= 4 is 58.9 Å². The van der Waals surface area contributed by atoms with E-state index in [-0.39, 0.29) is 185 Å². The molecule has 3 fully saturated rings. The molecule has 6 unspecified atom stereocenters. The zero-order valence-corrected chi connectivity index (χ0v) is 64.1. The average Bonchev–Trinajstić information content (AvgIpc) is 0.821. The number of aliphatic hydroxyl groups is 9. The van der Waals surface area contributed by atoms with Crippen LogP contribution in [0.1, 0.15) is 188 Å². The molecule has 0 aliphatic carbocycles. The van der Waals surface area contributed by atoms with Gasteiger partial charge in [-0.25, -0.2) is 0 Å². The van der Waals surface area contributed by atoms with Gasteiger partial charge < -0.3 is 136 Å². The number of hydrogen-bond acceptors (Lipinski definition) is 28. The fourth-order valence-corrected chi connectivity index (χ4v) is 12.1. The molecule has 3 heterocycles. The van der Waals surface area contributed by atoms with Gasteiger partial charge in [0.25, 0.3) is 0 Å². The van der Waals surface area contributed by atoms with E-state index in [2.05, 4.69) is 54.8 Å². The topological polar surface area (TPSA) is 544 Å². The molecule has 18 N–H and O–H groups in total. The van der Waals surface area contributed by atoms with Crippen LogP contribution in [-0.2, 0) is 90.6 Å². The van der Waals surface area contributed by atoms with Gasteiger partial charge in [0.1, 0.15) is 84.4 Å². The van der Waals surface area contributed by atoms with Crippen LogP contribution in [-0.4, -0.2) is 314 Å². The summed E-state index contributed by atoms with van der Waals surface area (Å²) in [5.74, 6) is -3.26. The molecule has 109 heavy (non-hydrogen) atoms. The number of ether oxygens (including phenoxy) is 9. The van der Waals surface area contributed by atoms with Crippen molar-refractivity contribution in [2.24, 2.45) is 0 Å². The highest BCUT2D eigenvalue weighted by Crippen LogP contribution is 2.26. The second kappa shape index (κ2) is 57.2. The van der Waals surface area contributed by atoms with E-state index in [0.29, 0.717) is 70.6 Å². The molecule has 3 rings (SSSR count). The molecule has 0 aromatic carbocycles. The van der Waals surface area contributed by atoms with E-state index in [1.807, 2.05) is 0 Å². The van der Waals surface area contributed by atoms with Gasteiger partial charge in [0, 0.05) is 125 Å². The number of amides is 9. The molecule has 0 radical (unpaired) electrons. The van der Waals surface area contributed by atoms with Crippen molar-refractivity contribution in [1.82, 2.24) is 47.9 Å². The van der Waals surface area contributed by atoms with E-state index in [1.165, 1.54) is 20.8 Å². The van der Waals surface area contributed by atoms with E-state index >= 15 is 0 Å². The lowest BCUT2D eigenvalue weighted by Gasteiger charge is -2.42. The summed E-state index contributed by atoms with van der Waals surface area (Å²) in [6.07, 6.45) is -3.55. The Morgan fingerprint density at radius 2 is 0.615 bits per heavy atom. The van der Waals surface area contributed by atoms with Crippen LogP contribution in [0.2, 0.25) is 0 Å². The van der Waals surface area contributed by atoms with Crippen molar-refractivity contribution < 1.29 is 137 Å². The first-order chi connectivity index (χ1) is 52.3. The van der Waals surface area contributed by atoms with Crippen LogP contribution in [0.3, 0.4) is 0 Å². The van der Waals surface area contributed by atoms with E-state index < -0.39 is 135 Å². The van der Waals surface area contributed by atoms with Gasteiger partial charge in [-0.15, -0.1) is 0 Å². The first kappa shape index (κ1) is 97.4. The summed E-state index contributed by atoms with van der Waals surface area (Å²) in [5.41, 5.74) is -1.37. The molecular formula is C72H129N9O28. The summed E-state index contributed by atoms with van der Waals surface area (Å²) >= 11 is 0. The summed E-state index contributed by atoms with van der Waals surface area (Å²) in [7, 11) is 0. The smallest absolute Gasteiger partial charge is 0.222 e. The number of rotatable bonds is 61. The van der Waals surface area contributed by atoms with Gasteiger partial charge in [-0.1, -0.05) is 45.4 Å². The zero-order valence-electron chi connectivity index (χ0n) is 64.1. The molecule has 3 aliphatic heterocycles. The molecule has 37 nitrogen and oxygen atoms in total. The third kappa shape index (κ3) is 41.0. The van der Waals surface area contributed by atoms with Gasteiger partial charge in [-0.3, -0.25) is 47.9 Å². The van der Waals surface area contributed by atoms with Gasteiger partial charge in [0.15, 0.2) is 18.9 Å². The maximum atomic E-state index is 13.8. The Labute approximate surface area is 638 Å². The minimum Gasteiger partial charge on any atom is -0.394 e. The molecule has 630 valence electrons. The molecule has 0 bridgehead atoms. The van der Waals surface area contributed by atoms with Crippen molar-refractivity contribution in [1.29, 1.82) is 0 Å². The Morgan fingerprint density at radius 1 is 0.330 bits per heavy atom. The maximum Gasteiger partial charge on any atom is 0.222 e. The van der Waals surface area contributed by atoms with E-state index in [0.717, 1.165) is 38.5 Å². The number of ketones is 1. The standard InChI is InChI=1S/C72H129N9O28/c1-5-6-7-8-9-10-11-26-59(94)81-72(44-101-38-27-56(91)73-30-16-12-22-50(88)23-13-17-35-104-69-60(78-47(2)85)66(98)63(95)51(41-82)107-69,45-102-39-28-57(92)76-33-20-31-74-54(89)24-14-18-36-105-70-61(79-48(3)86)67(99)64(96)52(42-83)108-70)46-103-40-29-58(93)77-34-21-32-75-55(90)25-15-19-37-106-71-62(80-49(4)87)68(100)65(97)53(43-84)109-71/h51-53,60-71,82-84,95-100H,5-46H2,1-4H3,(H,73,91)(H,74,89)(H,75,90)(H,76,92)(H,77,93)(H,78,85)(H,79,86)(H,80,87)(H,81,94)/t51?,52?,53?,60?,61?,62?,63-,64-,65-,66+,67+,68+,69+,70+,71+,72?/m0/s1. The number of carbonyl (C=O) groups is 10. The van der Waals surface area contributed by atoms with Crippen molar-refractivity contribution in [3.05, 3.63) is 0 Å². The fourth-order valence-electron chi connectivity index (χ4n) is 12.1. The summed E-state index contributed by atoms with van der Waals surface area (Å²) in [6.45, 7) is 4.76. The van der Waals surface area contributed by atoms with E-state index in [9.17, 15) is 93.9 Å². The summed E-state index contributed by atoms with van der Waals surface area (Å²) in [5, 5.41) is 115. The Morgan fingerprint density at radius 3 is 0.945 bits per heavy atom. The Kier molecular flexibility index (Phi) is 51.1. The summed E-state index contributed by atoms with van der Waals surface area (Å²) < 4.78 is 52.1. The monoisotopic (exact) mass is 1570 g/mol. The highest BCUT2D eigenvalue weighted by atomic mass is 16.7. The Bertz CT molecular complexity index is 2380. The number of nitrogens with one attached hydrogen (secondary N) is 9. The van der Waals surface area contributed by atoms with Crippen molar-refractivity contribution in [3.8, 4) is 0 Å². The summed E-state index contributed by atoms with van der Waals surface area (Å²) in [4.78, 5) is 126. The molecule has 9 amide bonds. The van der Waals surface area contributed by atoms with Crippen LogP contribution < -0.4 is 47.9 Å². The number of aliphatic hydroxyl groups excluding tert-OH is 9. The highest BCUT2D eigenvalue weighted by molar-refractivity contribution is 5.79. The van der Waals surface area contributed by atoms with Crippen LogP contribution in [0.4, 0.5) is 0 Å². The van der Waals surface area contributed by atoms with Gasteiger partial charge in [-0.2, -0.15) is 0 Å². The molecule has 3 saturated heterocycles. The SMILES string of the molecule is CCCCCCCCCC(=O)NC(COCCC(=O)NCCCCC(=O)CCCCO[C@@H]1OC(CO)[C@H](O)[C@H](O)C1NC(C)=O)(COCCC(=O)NCCCNC(=O)CCCCO[C@@H]1OC(CO)[C@H](O)[C@H](O)C1NC(C)=O)COCCC(=O)NCCCNC(=O)CCCCO[C@@H]1OC(CO)[C@H](O)[C@H](O)C1NC(C)=O. The van der Waals surface area contributed by atoms with Gasteiger partial charge in [0.05, 0.1) is 59.5 Å². The second-order valence-corrected chi connectivity index (χ2v) is 27.8. The number of hydrogen-bond donors (Lipinski definition) is 18. The number of Topliss-reactive ketones (excluding diaryl/α,β-unsaturated/α-hetero) is 1. The quantitative estimate of drug-likeness (QED) is 0.0265. The van der Waals surface area contributed by atoms with Gasteiger partial charge in [-0.05, 0) is 70.6 Å². The summed E-state index contributed by atoms with van der Waals surface area (Å²) in [6, 6.07) is -3.25. The lowest BCUT2D eigenvalue weighted by Crippen LogP contribution is -2.64. The van der Waals surface area contributed by atoms with Crippen LogP contribution in [0.25, 0.3) is 0 Å². The van der Waals surface area contributed by atoms with Crippen molar-refractivity contribution in [3.63, 3.8) is 0 Å². The lowest BCUT2D eigenvalue weighted by atomic mass is 9.97. The third-order valence-corrected chi connectivity index (χ3v) is 18.2. The van der Waals surface area contributed by atoms with Crippen LogP contribution in [0.5, 0.6) is 0 Å². The van der Waals surface area contributed by atoms with E-state index in [4.69, 9.17) is 42.6 Å². The normalized spacial score (nSPS) is 24.5. The fraction of sp³-hybridized carbons (Fsp3) is 0.861. The molecule has 0 saturated carbocycles. The second-order valence-electron chi connectivity index (χ2n) is 27.8. The molecule has 0 spiro atoms. The Hall–Kier alpha value is -5.82. The minimum atomic E-state index is -1.45. The minimum absolute atomic E-state index is 0.00962. The number of unbranched alkanes of at least 4 members (excludes halogenated alkanes) is 10. The van der Waals surface area contributed by atoms with Crippen LogP contribution >= 0.6 is 0 Å². The number of carbonyl (C=O) groups excluding carboxylic acids is 10.